The molecule has 1 aliphatic heterocycles. The van der Waals surface area contributed by atoms with Gasteiger partial charge in [-0.2, -0.15) is 5.10 Å². The predicted octanol–water partition coefficient (Wildman–Crippen LogP) is 0.676. The molecule has 1 N–H and O–H groups in total. The van der Waals surface area contributed by atoms with Gasteiger partial charge in [-0.25, -0.2) is 0 Å². The highest BCUT2D eigenvalue weighted by Gasteiger charge is 2.30. The molecule has 1 saturated carbocycles. The molecule has 0 radical (unpaired) electrons. The molecule has 4 heteroatoms. The summed E-state index contributed by atoms with van der Waals surface area (Å²) in [6.07, 6.45) is 4.33. The first kappa shape index (κ1) is 8.17. The molecule has 2 heterocycles. The molecular weight excluding hydrogens is 178 g/mol. The molecule has 0 spiro atoms. The summed E-state index contributed by atoms with van der Waals surface area (Å²) in [6.45, 7) is 1.81. The van der Waals surface area contributed by atoms with Gasteiger partial charge < -0.3 is 5.32 Å². The van der Waals surface area contributed by atoms with Crippen LogP contribution in [0.5, 0.6) is 0 Å². The minimum absolute atomic E-state index is 0.579. The molecule has 74 valence electrons. The highest BCUT2D eigenvalue weighted by molar-refractivity contribution is 5.75. The molecule has 1 aromatic rings. The lowest BCUT2D eigenvalue weighted by molar-refractivity contribution is 0.111. The summed E-state index contributed by atoms with van der Waals surface area (Å²) in [5, 5.41) is 7.66. The first-order valence-corrected chi connectivity index (χ1v) is 5.16. The maximum Gasteiger partial charge on any atom is 0.170 e. The van der Waals surface area contributed by atoms with Crippen LogP contribution in [0.2, 0.25) is 0 Å². The summed E-state index contributed by atoms with van der Waals surface area (Å²) < 4.78 is 2.08. The first-order valence-electron chi connectivity index (χ1n) is 5.16. The van der Waals surface area contributed by atoms with Crippen molar-refractivity contribution in [3.05, 3.63) is 17.0 Å². The summed E-state index contributed by atoms with van der Waals surface area (Å²) in [4.78, 5) is 10.8. The van der Waals surface area contributed by atoms with Gasteiger partial charge in [0, 0.05) is 30.8 Å². The van der Waals surface area contributed by atoms with Gasteiger partial charge in [-0.1, -0.05) is 0 Å². The van der Waals surface area contributed by atoms with Gasteiger partial charge >= 0.3 is 0 Å². The molecule has 1 aliphatic carbocycles. The number of carbonyl (C=O) groups excluding carboxylic acids is 1. The summed E-state index contributed by atoms with van der Waals surface area (Å²) in [5.41, 5.74) is 3.05. The van der Waals surface area contributed by atoms with Crippen LogP contribution < -0.4 is 5.32 Å². The molecule has 2 aliphatic rings. The normalized spacial score (nSPS) is 20.6. The standard InChI is InChI=1S/C10H13N3O/c14-6-9-8-5-11-4-3-10(8)13(12-9)7-1-2-7/h6-7,11H,1-5H2. The van der Waals surface area contributed by atoms with Gasteiger partial charge in [0.1, 0.15) is 5.69 Å². The van der Waals surface area contributed by atoms with Gasteiger partial charge in [0.15, 0.2) is 6.29 Å². The van der Waals surface area contributed by atoms with E-state index >= 15 is 0 Å². The third-order valence-electron chi connectivity index (χ3n) is 2.99. The monoisotopic (exact) mass is 191 g/mol. The van der Waals surface area contributed by atoms with E-state index in [0.29, 0.717) is 11.7 Å². The molecule has 1 fully saturated rings. The topological polar surface area (TPSA) is 46.9 Å². The second-order valence-corrected chi connectivity index (χ2v) is 4.03. The zero-order valence-electron chi connectivity index (χ0n) is 7.99. The Balaban J connectivity index is 2.11. The molecule has 0 amide bonds. The Labute approximate surface area is 82.3 Å². The molecule has 0 unspecified atom stereocenters. The summed E-state index contributed by atoms with van der Waals surface area (Å²) in [6, 6.07) is 0.579. The van der Waals surface area contributed by atoms with Crippen molar-refractivity contribution in [1.29, 1.82) is 0 Å². The van der Waals surface area contributed by atoms with Crippen LogP contribution >= 0.6 is 0 Å². The van der Waals surface area contributed by atoms with Crippen LogP contribution in [0.25, 0.3) is 0 Å². The largest absolute Gasteiger partial charge is 0.312 e. The summed E-state index contributed by atoms with van der Waals surface area (Å²) >= 11 is 0. The van der Waals surface area contributed by atoms with Gasteiger partial charge in [-0.05, 0) is 12.8 Å². The summed E-state index contributed by atoms with van der Waals surface area (Å²) in [5.74, 6) is 0. The number of nitrogens with one attached hydrogen (secondary N) is 1. The number of nitrogens with zero attached hydrogens (tertiary/aromatic N) is 2. The van der Waals surface area contributed by atoms with Gasteiger partial charge in [0.05, 0.1) is 6.04 Å². The predicted molar refractivity (Wildman–Crippen MR) is 51.3 cm³/mol. The van der Waals surface area contributed by atoms with Gasteiger partial charge in [0.25, 0.3) is 0 Å². The minimum atomic E-state index is 0.579. The Morgan fingerprint density at radius 1 is 1.50 bits per heavy atom. The van der Waals surface area contributed by atoms with E-state index in [4.69, 9.17) is 0 Å². The van der Waals surface area contributed by atoms with E-state index in [1.54, 1.807) is 0 Å². The fraction of sp³-hybridized carbons (Fsp3) is 0.600. The van der Waals surface area contributed by atoms with Crippen molar-refractivity contribution in [2.45, 2.75) is 31.8 Å². The Bertz CT molecular complexity index is 379. The van der Waals surface area contributed by atoms with Crippen molar-refractivity contribution in [2.75, 3.05) is 6.54 Å². The number of aromatic nitrogens is 2. The third kappa shape index (κ3) is 1.10. The van der Waals surface area contributed by atoms with Crippen molar-refractivity contribution in [3.8, 4) is 0 Å². The van der Waals surface area contributed by atoms with Crippen LogP contribution in [0, 0.1) is 0 Å². The van der Waals surface area contributed by atoms with Crippen LogP contribution in [0.1, 0.15) is 40.6 Å². The fourth-order valence-corrected chi connectivity index (χ4v) is 2.12. The molecule has 14 heavy (non-hydrogen) atoms. The smallest absolute Gasteiger partial charge is 0.170 e. The van der Waals surface area contributed by atoms with Crippen molar-refractivity contribution in [3.63, 3.8) is 0 Å². The molecule has 4 nitrogen and oxygen atoms in total. The molecule has 0 aromatic carbocycles. The van der Waals surface area contributed by atoms with E-state index in [1.807, 2.05) is 0 Å². The van der Waals surface area contributed by atoms with Crippen LogP contribution in [-0.4, -0.2) is 22.6 Å². The average molecular weight is 191 g/mol. The van der Waals surface area contributed by atoms with E-state index in [1.165, 1.54) is 18.5 Å². The Hall–Kier alpha value is -1.16. The van der Waals surface area contributed by atoms with Crippen LogP contribution in [0.15, 0.2) is 0 Å². The number of rotatable bonds is 2. The Kier molecular flexibility index (Phi) is 1.70. The maximum absolute atomic E-state index is 10.8. The van der Waals surface area contributed by atoms with Crippen LogP contribution in [0.3, 0.4) is 0 Å². The van der Waals surface area contributed by atoms with Crippen molar-refractivity contribution in [1.82, 2.24) is 15.1 Å². The minimum Gasteiger partial charge on any atom is -0.312 e. The number of aldehydes is 1. The molecular formula is C10H13N3O. The van der Waals surface area contributed by atoms with E-state index in [0.717, 1.165) is 31.4 Å². The third-order valence-corrected chi connectivity index (χ3v) is 2.99. The molecule has 0 bridgehead atoms. The zero-order chi connectivity index (χ0) is 9.54. The lowest BCUT2D eigenvalue weighted by atomic mass is 10.1. The Morgan fingerprint density at radius 3 is 3.07 bits per heavy atom. The lowest BCUT2D eigenvalue weighted by Crippen LogP contribution is -2.25. The Morgan fingerprint density at radius 2 is 2.36 bits per heavy atom. The summed E-state index contributed by atoms with van der Waals surface area (Å²) in [7, 11) is 0. The maximum atomic E-state index is 10.8. The number of carbonyl (C=O) groups is 1. The number of fused-ring (bicyclic) bond motifs is 1. The molecule has 0 saturated heterocycles. The first-order chi connectivity index (χ1) is 6.90. The van der Waals surface area contributed by atoms with E-state index < -0.39 is 0 Å². The van der Waals surface area contributed by atoms with Gasteiger partial charge in [0.2, 0.25) is 0 Å². The highest BCUT2D eigenvalue weighted by Crippen LogP contribution is 2.37. The lowest BCUT2D eigenvalue weighted by Gasteiger charge is -2.14. The number of hydrogen-bond donors (Lipinski definition) is 1. The average Bonchev–Trinajstić information content (AvgIpc) is 3.00. The second kappa shape index (κ2) is 2.92. The van der Waals surface area contributed by atoms with Gasteiger partial charge in [-0.15, -0.1) is 0 Å². The van der Waals surface area contributed by atoms with Crippen LogP contribution in [0.4, 0.5) is 0 Å². The van der Waals surface area contributed by atoms with Crippen molar-refractivity contribution < 1.29 is 4.79 Å². The fourth-order valence-electron chi connectivity index (χ4n) is 2.12. The van der Waals surface area contributed by atoms with Crippen molar-refractivity contribution >= 4 is 6.29 Å². The van der Waals surface area contributed by atoms with E-state index in [-0.39, 0.29) is 0 Å². The van der Waals surface area contributed by atoms with E-state index in [2.05, 4.69) is 15.1 Å². The highest BCUT2D eigenvalue weighted by atomic mass is 16.1. The zero-order valence-corrected chi connectivity index (χ0v) is 7.99. The van der Waals surface area contributed by atoms with Crippen molar-refractivity contribution in [2.24, 2.45) is 0 Å². The number of hydrogen-bond acceptors (Lipinski definition) is 3. The SMILES string of the molecule is O=Cc1nn(C2CC2)c2c1CNCC2. The molecule has 3 rings (SSSR count). The van der Waals surface area contributed by atoms with Gasteiger partial charge in [-0.3, -0.25) is 9.48 Å². The quantitative estimate of drug-likeness (QED) is 0.699. The van der Waals surface area contributed by atoms with E-state index in [9.17, 15) is 4.79 Å². The molecule has 0 atom stereocenters. The van der Waals surface area contributed by atoms with Crippen LogP contribution in [-0.2, 0) is 13.0 Å². The second-order valence-electron chi connectivity index (χ2n) is 4.03. The molecule has 1 aromatic heterocycles.